The summed E-state index contributed by atoms with van der Waals surface area (Å²) in [4.78, 5) is 22.9. The number of Topliss-reactive ketones (excluding diaryl/α,β-unsaturated/α-hetero) is 1. The molecule has 0 saturated carbocycles. The van der Waals surface area contributed by atoms with Gasteiger partial charge >= 0.3 is 6.09 Å². The monoisotopic (exact) mass is 243 g/mol. The van der Waals surface area contributed by atoms with Crippen LogP contribution in [0.25, 0.3) is 0 Å². The highest BCUT2D eigenvalue weighted by Crippen LogP contribution is 2.09. The van der Waals surface area contributed by atoms with Crippen molar-refractivity contribution in [3.63, 3.8) is 0 Å². The van der Waals surface area contributed by atoms with Crippen molar-refractivity contribution in [3.05, 3.63) is 0 Å². The normalized spacial score (nSPS) is 13.0. The fourth-order valence-electron chi connectivity index (χ4n) is 1.43. The van der Waals surface area contributed by atoms with E-state index < -0.39 is 17.7 Å². The Balaban J connectivity index is 4.16. The Morgan fingerprint density at radius 3 is 2.24 bits per heavy atom. The number of hydrogen-bond acceptors (Lipinski definition) is 3. The van der Waals surface area contributed by atoms with Crippen LogP contribution in [0.3, 0.4) is 0 Å². The summed E-state index contributed by atoms with van der Waals surface area (Å²) in [6.45, 7) is 8.99. The van der Waals surface area contributed by atoms with Gasteiger partial charge in [0.2, 0.25) is 0 Å². The average Bonchev–Trinajstić information content (AvgIpc) is 2.13. The Labute approximate surface area is 104 Å². The molecule has 100 valence electrons. The van der Waals surface area contributed by atoms with Crippen molar-refractivity contribution in [2.24, 2.45) is 0 Å². The lowest BCUT2D eigenvalue weighted by Crippen LogP contribution is -2.42. The van der Waals surface area contributed by atoms with Crippen LogP contribution in [-0.2, 0) is 9.53 Å². The van der Waals surface area contributed by atoms with Gasteiger partial charge in [0, 0.05) is 0 Å². The summed E-state index contributed by atoms with van der Waals surface area (Å²) in [7, 11) is 0. The summed E-state index contributed by atoms with van der Waals surface area (Å²) < 4.78 is 5.12. The molecule has 1 atom stereocenters. The van der Waals surface area contributed by atoms with Crippen molar-refractivity contribution in [1.82, 2.24) is 5.32 Å². The third-order valence-corrected chi connectivity index (χ3v) is 2.28. The molecule has 0 aliphatic rings. The topological polar surface area (TPSA) is 55.4 Å². The minimum Gasteiger partial charge on any atom is -0.444 e. The molecule has 0 bridgehead atoms. The van der Waals surface area contributed by atoms with Crippen molar-refractivity contribution >= 4 is 11.9 Å². The van der Waals surface area contributed by atoms with Crippen molar-refractivity contribution in [1.29, 1.82) is 0 Å². The van der Waals surface area contributed by atoms with Gasteiger partial charge in [-0.1, -0.05) is 26.2 Å². The van der Waals surface area contributed by atoms with Crippen molar-refractivity contribution in [2.45, 2.75) is 71.9 Å². The Hall–Kier alpha value is -1.06. The first-order valence-corrected chi connectivity index (χ1v) is 6.26. The fourth-order valence-corrected chi connectivity index (χ4v) is 1.43. The predicted octanol–water partition coefficient (Wildman–Crippen LogP) is 3.05. The maximum Gasteiger partial charge on any atom is 0.408 e. The molecule has 0 saturated heterocycles. The summed E-state index contributed by atoms with van der Waals surface area (Å²) in [6.07, 6.45) is 3.27. The highest BCUT2D eigenvalue weighted by molar-refractivity contribution is 5.85. The van der Waals surface area contributed by atoms with E-state index in [-0.39, 0.29) is 5.78 Å². The molecule has 0 radical (unpaired) electrons. The van der Waals surface area contributed by atoms with Crippen molar-refractivity contribution < 1.29 is 14.3 Å². The number of ether oxygens (including phenoxy) is 1. The van der Waals surface area contributed by atoms with Crippen LogP contribution in [0.5, 0.6) is 0 Å². The maximum atomic E-state index is 11.5. The zero-order chi connectivity index (χ0) is 13.5. The number of nitrogens with one attached hydrogen (secondary N) is 1. The van der Waals surface area contributed by atoms with Crippen LogP contribution in [0, 0.1) is 0 Å². The Bertz CT molecular complexity index is 256. The van der Waals surface area contributed by atoms with E-state index in [1.165, 1.54) is 6.92 Å². The smallest absolute Gasteiger partial charge is 0.408 e. The highest BCUT2D eigenvalue weighted by Gasteiger charge is 2.21. The van der Waals surface area contributed by atoms with E-state index in [1.54, 1.807) is 20.8 Å². The third kappa shape index (κ3) is 8.72. The molecule has 0 aromatic heterocycles. The molecule has 0 aliphatic carbocycles. The zero-order valence-corrected chi connectivity index (χ0v) is 11.6. The molecule has 0 rings (SSSR count). The maximum absolute atomic E-state index is 11.5. The quantitative estimate of drug-likeness (QED) is 0.729. The lowest BCUT2D eigenvalue weighted by Gasteiger charge is -2.22. The second-order valence-electron chi connectivity index (χ2n) is 5.31. The van der Waals surface area contributed by atoms with Crippen LogP contribution in [-0.4, -0.2) is 23.5 Å². The van der Waals surface area contributed by atoms with Crippen molar-refractivity contribution in [3.8, 4) is 0 Å². The van der Waals surface area contributed by atoms with Crippen LogP contribution in [0.1, 0.15) is 60.3 Å². The fraction of sp³-hybridized carbons (Fsp3) is 0.846. The van der Waals surface area contributed by atoms with E-state index in [2.05, 4.69) is 12.2 Å². The van der Waals surface area contributed by atoms with Gasteiger partial charge in [0.05, 0.1) is 6.04 Å². The highest BCUT2D eigenvalue weighted by atomic mass is 16.6. The van der Waals surface area contributed by atoms with E-state index in [9.17, 15) is 9.59 Å². The molecule has 0 fully saturated rings. The van der Waals surface area contributed by atoms with Gasteiger partial charge in [-0.3, -0.25) is 4.79 Å². The van der Waals surface area contributed by atoms with E-state index in [0.29, 0.717) is 6.42 Å². The second kappa shape index (κ2) is 7.30. The van der Waals surface area contributed by atoms with Crippen LogP contribution in [0.4, 0.5) is 4.79 Å². The molecular formula is C13H25NO3. The minimum absolute atomic E-state index is 0.0213. The van der Waals surface area contributed by atoms with Gasteiger partial charge in [-0.2, -0.15) is 0 Å². The van der Waals surface area contributed by atoms with E-state index in [0.717, 1.165) is 19.3 Å². The predicted molar refractivity (Wildman–Crippen MR) is 68.0 cm³/mol. The Kier molecular flexibility index (Phi) is 6.85. The lowest BCUT2D eigenvalue weighted by molar-refractivity contribution is -0.119. The van der Waals surface area contributed by atoms with E-state index >= 15 is 0 Å². The van der Waals surface area contributed by atoms with Gasteiger partial charge in [-0.15, -0.1) is 0 Å². The summed E-state index contributed by atoms with van der Waals surface area (Å²) in [5.74, 6) is -0.0213. The summed E-state index contributed by atoms with van der Waals surface area (Å²) in [5.41, 5.74) is -0.533. The van der Waals surface area contributed by atoms with Crippen LogP contribution in [0.15, 0.2) is 0 Å². The first-order valence-electron chi connectivity index (χ1n) is 6.26. The van der Waals surface area contributed by atoms with Gasteiger partial charge in [0.1, 0.15) is 5.60 Å². The molecular weight excluding hydrogens is 218 g/mol. The van der Waals surface area contributed by atoms with Gasteiger partial charge in [0.15, 0.2) is 5.78 Å². The van der Waals surface area contributed by atoms with Crippen LogP contribution >= 0.6 is 0 Å². The summed E-state index contributed by atoms with van der Waals surface area (Å²) in [5, 5.41) is 2.62. The standard InChI is InChI=1S/C13H25NO3/c1-6-7-8-9-11(10(2)15)14-12(16)17-13(3,4)5/h11H,6-9H2,1-5H3,(H,14,16). The van der Waals surface area contributed by atoms with Gasteiger partial charge in [0.25, 0.3) is 0 Å². The minimum atomic E-state index is -0.533. The van der Waals surface area contributed by atoms with Crippen LogP contribution < -0.4 is 5.32 Å². The lowest BCUT2D eigenvalue weighted by atomic mass is 10.1. The largest absolute Gasteiger partial charge is 0.444 e. The molecule has 4 nitrogen and oxygen atoms in total. The molecule has 0 aromatic rings. The number of carbonyl (C=O) groups excluding carboxylic acids is 2. The Morgan fingerprint density at radius 1 is 1.24 bits per heavy atom. The summed E-state index contributed by atoms with van der Waals surface area (Å²) >= 11 is 0. The SMILES string of the molecule is CCCCCC(NC(=O)OC(C)(C)C)C(C)=O. The molecule has 0 aliphatic heterocycles. The molecule has 0 spiro atoms. The molecule has 0 aromatic carbocycles. The van der Waals surface area contributed by atoms with Crippen LogP contribution in [0.2, 0.25) is 0 Å². The number of carbonyl (C=O) groups is 2. The van der Waals surface area contributed by atoms with Gasteiger partial charge in [-0.25, -0.2) is 4.79 Å². The van der Waals surface area contributed by atoms with Gasteiger partial charge < -0.3 is 10.1 Å². The average molecular weight is 243 g/mol. The number of ketones is 1. The molecule has 17 heavy (non-hydrogen) atoms. The third-order valence-electron chi connectivity index (χ3n) is 2.28. The van der Waals surface area contributed by atoms with Gasteiger partial charge in [-0.05, 0) is 34.1 Å². The second-order valence-corrected chi connectivity index (χ2v) is 5.31. The molecule has 4 heteroatoms. The first-order chi connectivity index (χ1) is 7.76. The molecule has 1 N–H and O–H groups in total. The number of alkyl carbamates (subject to hydrolysis) is 1. The number of amides is 1. The number of hydrogen-bond donors (Lipinski definition) is 1. The number of unbranched alkanes of at least 4 members (excludes halogenated alkanes) is 2. The molecule has 1 unspecified atom stereocenters. The van der Waals surface area contributed by atoms with E-state index in [4.69, 9.17) is 4.74 Å². The number of rotatable bonds is 6. The summed E-state index contributed by atoms with van der Waals surface area (Å²) in [6, 6.07) is -0.420. The molecule has 0 heterocycles. The first kappa shape index (κ1) is 15.9. The zero-order valence-electron chi connectivity index (χ0n) is 11.6. The Morgan fingerprint density at radius 2 is 1.82 bits per heavy atom. The van der Waals surface area contributed by atoms with E-state index in [1.807, 2.05) is 0 Å². The van der Waals surface area contributed by atoms with Crippen molar-refractivity contribution in [2.75, 3.05) is 0 Å². The molecule has 1 amide bonds.